The molecule has 5 rings (SSSR count). The van der Waals surface area contributed by atoms with Crippen molar-refractivity contribution >= 4 is 21.8 Å². The first-order valence-electron chi connectivity index (χ1n) is 8.80. The summed E-state index contributed by atoms with van der Waals surface area (Å²) in [6.45, 7) is 0. The number of benzene rings is 4. The van der Waals surface area contributed by atoms with Crippen LogP contribution in [0.2, 0.25) is 0 Å². The lowest BCUT2D eigenvalue weighted by Crippen LogP contribution is -1.84. The second-order valence-corrected chi connectivity index (χ2v) is 6.57. The molecule has 0 fully saturated rings. The average Bonchev–Trinajstić information content (AvgIpc) is 3.17. The minimum Gasteiger partial charge on any atom is -0.338 e. The standard InChI is InChI=1S/C24H15N3/c25-15-16-8-9-19-13-20(11-10-18(19)12-16)17-4-3-5-21(14-17)24-26-22-6-1-2-7-23(22)27-24/h1-14H,(H,26,27). The summed E-state index contributed by atoms with van der Waals surface area (Å²) in [5.41, 5.74) is 6.03. The van der Waals surface area contributed by atoms with Gasteiger partial charge in [-0.2, -0.15) is 5.26 Å². The molecule has 0 bridgehead atoms. The molecule has 27 heavy (non-hydrogen) atoms. The summed E-state index contributed by atoms with van der Waals surface area (Å²) >= 11 is 0. The number of nitrogens with zero attached hydrogens (tertiary/aromatic N) is 2. The molecule has 0 aliphatic carbocycles. The Bertz CT molecular complexity index is 1310. The number of imidazole rings is 1. The number of hydrogen-bond acceptors (Lipinski definition) is 2. The van der Waals surface area contributed by atoms with Crippen molar-refractivity contribution in [2.45, 2.75) is 0 Å². The summed E-state index contributed by atoms with van der Waals surface area (Å²) < 4.78 is 0. The van der Waals surface area contributed by atoms with E-state index in [4.69, 9.17) is 10.2 Å². The highest BCUT2D eigenvalue weighted by atomic mass is 14.9. The van der Waals surface area contributed by atoms with Gasteiger partial charge in [-0.1, -0.05) is 48.5 Å². The number of nitrogens with one attached hydrogen (secondary N) is 1. The lowest BCUT2D eigenvalue weighted by Gasteiger charge is -2.06. The van der Waals surface area contributed by atoms with E-state index in [0.717, 1.165) is 44.3 Å². The topological polar surface area (TPSA) is 52.5 Å². The van der Waals surface area contributed by atoms with Crippen LogP contribution in [0.3, 0.4) is 0 Å². The monoisotopic (exact) mass is 345 g/mol. The van der Waals surface area contributed by atoms with Crippen molar-refractivity contribution in [2.24, 2.45) is 0 Å². The summed E-state index contributed by atoms with van der Waals surface area (Å²) in [6.07, 6.45) is 0. The van der Waals surface area contributed by atoms with Crippen LogP contribution in [0.1, 0.15) is 5.56 Å². The van der Waals surface area contributed by atoms with E-state index in [1.165, 1.54) is 0 Å². The smallest absolute Gasteiger partial charge is 0.138 e. The minimum atomic E-state index is 0.683. The fourth-order valence-electron chi connectivity index (χ4n) is 3.43. The molecule has 0 aliphatic rings. The molecule has 0 amide bonds. The maximum absolute atomic E-state index is 9.06. The first-order chi connectivity index (χ1) is 13.3. The third kappa shape index (κ3) is 2.74. The lowest BCUT2D eigenvalue weighted by molar-refractivity contribution is 1.34. The third-order valence-electron chi connectivity index (χ3n) is 4.83. The van der Waals surface area contributed by atoms with Gasteiger partial charge >= 0.3 is 0 Å². The summed E-state index contributed by atoms with van der Waals surface area (Å²) in [5, 5.41) is 11.3. The number of aromatic amines is 1. The molecule has 5 aromatic rings. The molecule has 0 atom stereocenters. The number of H-pyrrole nitrogens is 1. The first kappa shape index (κ1) is 15.4. The van der Waals surface area contributed by atoms with Crippen LogP contribution >= 0.6 is 0 Å². The molecule has 3 heteroatoms. The molecule has 0 saturated carbocycles. The highest BCUT2D eigenvalue weighted by molar-refractivity contribution is 5.89. The molecule has 1 aromatic heterocycles. The first-order valence-corrected chi connectivity index (χ1v) is 8.80. The Labute approximate surface area is 156 Å². The second kappa shape index (κ2) is 6.12. The van der Waals surface area contributed by atoms with Crippen LogP contribution in [0, 0.1) is 11.3 Å². The van der Waals surface area contributed by atoms with Crippen molar-refractivity contribution in [1.29, 1.82) is 5.26 Å². The molecule has 3 nitrogen and oxygen atoms in total. The Morgan fingerprint density at radius 2 is 1.48 bits per heavy atom. The van der Waals surface area contributed by atoms with Crippen molar-refractivity contribution in [1.82, 2.24) is 9.97 Å². The number of aromatic nitrogens is 2. The van der Waals surface area contributed by atoms with Gasteiger partial charge < -0.3 is 4.98 Å². The summed E-state index contributed by atoms with van der Waals surface area (Å²) in [4.78, 5) is 8.09. The molecule has 126 valence electrons. The van der Waals surface area contributed by atoms with Crippen LogP contribution in [0.15, 0.2) is 84.9 Å². The van der Waals surface area contributed by atoms with Gasteiger partial charge in [-0.05, 0) is 58.3 Å². The Kier molecular flexibility index (Phi) is 3.48. The van der Waals surface area contributed by atoms with Gasteiger partial charge in [0.25, 0.3) is 0 Å². The van der Waals surface area contributed by atoms with Crippen molar-refractivity contribution in [2.75, 3.05) is 0 Å². The summed E-state index contributed by atoms with van der Waals surface area (Å²) in [6, 6.07) is 30.7. The van der Waals surface area contributed by atoms with Crippen molar-refractivity contribution in [3.63, 3.8) is 0 Å². The Balaban J connectivity index is 1.59. The largest absolute Gasteiger partial charge is 0.338 e. The van der Waals surface area contributed by atoms with Crippen LogP contribution in [0.25, 0.3) is 44.3 Å². The molecule has 0 saturated heterocycles. The third-order valence-corrected chi connectivity index (χ3v) is 4.83. The van der Waals surface area contributed by atoms with Crippen LogP contribution in [0.4, 0.5) is 0 Å². The van der Waals surface area contributed by atoms with Gasteiger partial charge in [0, 0.05) is 5.56 Å². The zero-order chi connectivity index (χ0) is 18.2. The van der Waals surface area contributed by atoms with Crippen LogP contribution < -0.4 is 0 Å². The quantitative estimate of drug-likeness (QED) is 0.431. The molecular formula is C24H15N3. The van der Waals surface area contributed by atoms with Crippen molar-refractivity contribution < 1.29 is 0 Å². The number of para-hydroxylation sites is 2. The Morgan fingerprint density at radius 3 is 2.37 bits per heavy atom. The maximum Gasteiger partial charge on any atom is 0.138 e. The van der Waals surface area contributed by atoms with Gasteiger partial charge in [0.15, 0.2) is 0 Å². The number of rotatable bonds is 2. The minimum absolute atomic E-state index is 0.683. The maximum atomic E-state index is 9.06. The number of hydrogen-bond donors (Lipinski definition) is 1. The van der Waals surface area contributed by atoms with Crippen LogP contribution in [-0.4, -0.2) is 9.97 Å². The van der Waals surface area contributed by atoms with E-state index in [-0.39, 0.29) is 0 Å². The molecule has 1 N–H and O–H groups in total. The van der Waals surface area contributed by atoms with E-state index in [9.17, 15) is 0 Å². The van der Waals surface area contributed by atoms with E-state index in [1.54, 1.807) is 0 Å². The van der Waals surface area contributed by atoms with E-state index in [2.05, 4.69) is 53.5 Å². The highest BCUT2D eigenvalue weighted by Gasteiger charge is 2.07. The molecular weight excluding hydrogens is 330 g/mol. The molecule has 0 radical (unpaired) electrons. The van der Waals surface area contributed by atoms with E-state index < -0.39 is 0 Å². The van der Waals surface area contributed by atoms with Gasteiger partial charge in [-0.15, -0.1) is 0 Å². The summed E-state index contributed by atoms with van der Waals surface area (Å²) in [5.74, 6) is 0.873. The fourth-order valence-corrected chi connectivity index (χ4v) is 3.43. The van der Waals surface area contributed by atoms with E-state index in [1.807, 2.05) is 42.5 Å². The SMILES string of the molecule is N#Cc1ccc2cc(-c3cccc(-c4nc5ccccc5[nH]4)c3)ccc2c1. The van der Waals surface area contributed by atoms with Crippen molar-refractivity contribution in [3.05, 3.63) is 90.5 Å². The van der Waals surface area contributed by atoms with Gasteiger partial charge in [0.1, 0.15) is 5.82 Å². The number of fused-ring (bicyclic) bond motifs is 2. The fraction of sp³-hybridized carbons (Fsp3) is 0. The number of nitriles is 1. The van der Waals surface area contributed by atoms with Gasteiger partial charge in [0.2, 0.25) is 0 Å². The Hall–Kier alpha value is -3.90. The highest BCUT2D eigenvalue weighted by Crippen LogP contribution is 2.29. The molecule has 0 unspecified atom stereocenters. The zero-order valence-corrected chi connectivity index (χ0v) is 14.5. The van der Waals surface area contributed by atoms with E-state index in [0.29, 0.717) is 5.56 Å². The van der Waals surface area contributed by atoms with Gasteiger partial charge in [0.05, 0.1) is 22.7 Å². The normalized spacial score (nSPS) is 10.9. The van der Waals surface area contributed by atoms with Crippen LogP contribution in [-0.2, 0) is 0 Å². The van der Waals surface area contributed by atoms with Crippen LogP contribution in [0.5, 0.6) is 0 Å². The second-order valence-electron chi connectivity index (χ2n) is 6.57. The van der Waals surface area contributed by atoms with Gasteiger partial charge in [-0.25, -0.2) is 4.98 Å². The molecule has 0 aliphatic heterocycles. The molecule has 0 spiro atoms. The Morgan fingerprint density at radius 1 is 0.704 bits per heavy atom. The van der Waals surface area contributed by atoms with E-state index >= 15 is 0 Å². The lowest BCUT2D eigenvalue weighted by atomic mass is 9.99. The van der Waals surface area contributed by atoms with Gasteiger partial charge in [-0.3, -0.25) is 0 Å². The predicted octanol–water partition coefficient (Wildman–Crippen LogP) is 5.92. The molecule has 4 aromatic carbocycles. The van der Waals surface area contributed by atoms with Crippen molar-refractivity contribution in [3.8, 4) is 28.6 Å². The predicted molar refractivity (Wildman–Crippen MR) is 109 cm³/mol. The molecule has 1 heterocycles. The average molecular weight is 345 g/mol. The zero-order valence-electron chi connectivity index (χ0n) is 14.5. The summed E-state index contributed by atoms with van der Waals surface area (Å²) in [7, 11) is 0.